The molecule has 108 valence electrons. The Hall–Kier alpha value is -1.79. The van der Waals surface area contributed by atoms with Crippen molar-refractivity contribution >= 4 is 48.9 Å². The van der Waals surface area contributed by atoms with Crippen LogP contribution >= 0.6 is 27.3 Å². The largest absolute Gasteiger partial charge is 0.467 e. The van der Waals surface area contributed by atoms with E-state index in [-0.39, 0.29) is 5.91 Å². The molecule has 4 nitrogen and oxygen atoms in total. The summed E-state index contributed by atoms with van der Waals surface area (Å²) in [5.74, 6) is 0.648. The summed E-state index contributed by atoms with van der Waals surface area (Å²) in [5, 5.41) is 0.915. The van der Waals surface area contributed by atoms with E-state index in [1.807, 2.05) is 24.3 Å². The Morgan fingerprint density at radius 3 is 2.95 bits per heavy atom. The smallest absolute Gasteiger partial charge is 0.266 e. The van der Waals surface area contributed by atoms with E-state index in [2.05, 4.69) is 15.9 Å². The Balaban J connectivity index is 1.92. The van der Waals surface area contributed by atoms with Crippen LogP contribution in [-0.4, -0.2) is 17.9 Å². The topological polar surface area (TPSA) is 59.5 Å². The molecule has 21 heavy (non-hydrogen) atoms. The van der Waals surface area contributed by atoms with Gasteiger partial charge in [-0.2, -0.15) is 0 Å². The Labute approximate surface area is 134 Å². The minimum atomic E-state index is -0.0961. The first-order valence-electron chi connectivity index (χ1n) is 6.31. The first-order valence-corrected chi connectivity index (χ1v) is 7.92. The van der Waals surface area contributed by atoms with Gasteiger partial charge >= 0.3 is 0 Å². The van der Waals surface area contributed by atoms with E-state index in [0.717, 1.165) is 20.3 Å². The van der Waals surface area contributed by atoms with Crippen molar-refractivity contribution < 1.29 is 9.21 Å². The van der Waals surface area contributed by atoms with E-state index in [1.54, 1.807) is 24.3 Å². The lowest BCUT2D eigenvalue weighted by atomic mass is 10.2. The van der Waals surface area contributed by atoms with Crippen molar-refractivity contribution in [2.24, 2.45) is 0 Å². The highest BCUT2D eigenvalue weighted by Gasteiger charge is 2.20. The van der Waals surface area contributed by atoms with Crippen LogP contribution in [0.5, 0.6) is 0 Å². The minimum absolute atomic E-state index is 0.0961. The first-order chi connectivity index (χ1) is 10.1. The van der Waals surface area contributed by atoms with Crippen molar-refractivity contribution in [1.82, 2.24) is 4.90 Å². The molecular weight excluding hydrogens is 352 g/mol. The van der Waals surface area contributed by atoms with Gasteiger partial charge in [-0.15, -0.1) is 11.3 Å². The maximum atomic E-state index is 12.5. The van der Waals surface area contributed by atoms with Crippen LogP contribution in [0.25, 0.3) is 10.1 Å². The average molecular weight is 365 g/mol. The Morgan fingerprint density at radius 1 is 1.43 bits per heavy atom. The van der Waals surface area contributed by atoms with E-state index >= 15 is 0 Å². The number of amides is 1. The van der Waals surface area contributed by atoms with E-state index in [1.165, 1.54) is 11.3 Å². The van der Waals surface area contributed by atoms with E-state index in [4.69, 9.17) is 10.2 Å². The van der Waals surface area contributed by atoms with Crippen LogP contribution in [-0.2, 0) is 6.54 Å². The molecule has 0 unspecified atom stereocenters. The van der Waals surface area contributed by atoms with Crippen molar-refractivity contribution in [2.45, 2.75) is 6.54 Å². The zero-order chi connectivity index (χ0) is 15.0. The van der Waals surface area contributed by atoms with Crippen molar-refractivity contribution in [1.29, 1.82) is 0 Å². The molecule has 0 fully saturated rings. The summed E-state index contributed by atoms with van der Waals surface area (Å²) >= 11 is 4.84. The number of hydrogen-bond acceptors (Lipinski definition) is 4. The first kappa shape index (κ1) is 14.2. The number of fused-ring (bicyclic) bond motifs is 1. The molecule has 6 heteroatoms. The van der Waals surface area contributed by atoms with Gasteiger partial charge in [-0.1, -0.05) is 22.0 Å². The summed E-state index contributed by atoms with van der Waals surface area (Å²) < 4.78 is 7.24. The molecule has 0 saturated heterocycles. The molecule has 0 radical (unpaired) electrons. The molecule has 3 aromatic rings. The number of furan rings is 1. The lowest BCUT2D eigenvalue weighted by Gasteiger charge is -2.14. The van der Waals surface area contributed by atoms with Crippen LogP contribution in [0.2, 0.25) is 0 Å². The van der Waals surface area contributed by atoms with Gasteiger partial charge in [0.2, 0.25) is 0 Å². The number of nitrogens with zero attached hydrogens (tertiary/aromatic N) is 1. The normalized spacial score (nSPS) is 11.0. The lowest BCUT2D eigenvalue weighted by molar-refractivity contribution is 0.0781. The van der Waals surface area contributed by atoms with Crippen molar-refractivity contribution in [2.75, 3.05) is 12.8 Å². The number of nitrogens with two attached hydrogens (primary N) is 1. The minimum Gasteiger partial charge on any atom is -0.467 e. The zero-order valence-corrected chi connectivity index (χ0v) is 13.7. The number of hydrogen-bond donors (Lipinski definition) is 1. The average Bonchev–Trinajstić information content (AvgIpc) is 3.06. The van der Waals surface area contributed by atoms with Crippen molar-refractivity contribution in [3.8, 4) is 0 Å². The van der Waals surface area contributed by atoms with Gasteiger partial charge in [0.1, 0.15) is 10.6 Å². The van der Waals surface area contributed by atoms with Crippen molar-refractivity contribution in [3.63, 3.8) is 0 Å². The monoisotopic (exact) mass is 364 g/mol. The number of halogens is 1. The molecule has 0 spiro atoms. The maximum absolute atomic E-state index is 12.5. The third-order valence-electron chi connectivity index (χ3n) is 3.20. The van der Waals surface area contributed by atoms with Crippen LogP contribution in [0.1, 0.15) is 15.4 Å². The Bertz CT molecular complexity index is 795. The fourth-order valence-electron chi connectivity index (χ4n) is 2.13. The van der Waals surface area contributed by atoms with Gasteiger partial charge in [0.05, 0.1) is 18.5 Å². The molecule has 0 aliphatic carbocycles. The fraction of sp³-hybridized carbons (Fsp3) is 0.133. The predicted octanol–water partition coefficient (Wildman–Crippen LogP) is 4.11. The maximum Gasteiger partial charge on any atom is 0.266 e. The number of carbonyl (C=O) groups excluding carboxylic acids is 1. The second-order valence-electron chi connectivity index (χ2n) is 4.73. The quantitative estimate of drug-likeness (QED) is 0.760. The molecule has 1 amide bonds. The third kappa shape index (κ3) is 2.69. The van der Waals surface area contributed by atoms with Gasteiger partial charge in [-0.3, -0.25) is 4.79 Å². The summed E-state index contributed by atoms with van der Waals surface area (Å²) in [6.45, 7) is 0.420. The number of thiophene rings is 1. The second kappa shape index (κ2) is 5.54. The number of rotatable bonds is 3. The highest BCUT2D eigenvalue weighted by molar-refractivity contribution is 9.10. The van der Waals surface area contributed by atoms with Crippen molar-refractivity contribution in [3.05, 3.63) is 51.7 Å². The van der Waals surface area contributed by atoms with Crippen LogP contribution in [0, 0.1) is 0 Å². The lowest BCUT2D eigenvalue weighted by Crippen LogP contribution is -2.25. The molecule has 2 aromatic heterocycles. The number of carbonyl (C=O) groups is 1. The molecule has 3 rings (SSSR count). The molecule has 2 heterocycles. The summed E-state index contributed by atoms with van der Waals surface area (Å²) in [6, 6.07) is 9.47. The van der Waals surface area contributed by atoms with Crippen LogP contribution in [0.15, 0.2) is 45.5 Å². The number of anilines is 1. The van der Waals surface area contributed by atoms with Gasteiger partial charge in [0.15, 0.2) is 0 Å². The summed E-state index contributed by atoms with van der Waals surface area (Å²) in [7, 11) is 1.74. The Kier molecular flexibility index (Phi) is 3.73. The highest BCUT2D eigenvalue weighted by Crippen LogP contribution is 2.36. The third-order valence-corrected chi connectivity index (χ3v) is 4.85. The van der Waals surface area contributed by atoms with Gasteiger partial charge < -0.3 is 15.1 Å². The molecular formula is C15H13BrN2O2S. The molecule has 2 N–H and O–H groups in total. The fourth-order valence-corrected chi connectivity index (χ4v) is 3.80. The Morgan fingerprint density at radius 2 is 2.24 bits per heavy atom. The van der Waals surface area contributed by atoms with Gasteiger partial charge in [-0.25, -0.2) is 0 Å². The summed E-state index contributed by atoms with van der Waals surface area (Å²) in [6.07, 6.45) is 1.60. The number of benzene rings is 1. The molecule has 0 saturated carbocycles. The summed E-state index contributed by atoms with van der Waals surface area (Å²) in [4.78, 5) is 14.7. The van der Waals surface area contributed by atoms with E-state index < -0.39 is 0 Å². The van der Waals surface area contributed by atoms with Gasteiger partial charge in [-0.05, 0) is 24.3 Å². The molecule has 0 aliphatic rings. The molecule has 1 aromatic carbocycles. The van der Waals surface area contributed by atoms with Crippen LogP contribution < -0.4 is 5.73 Å². The van der Waals surface area contributed by atoms with Gasteiger partial charge in [0.25, 0.3) is 5.91 Å². The molecule has 0 atom stereocenters. The zero-order valence-electron chi connectivity index (χ0n) is 11.3. The van der Waals surface area contributed by atoms with Crippen LogP contribution in [0.4, 0.5) is 5.69 Å². The predicted molar refractivity (Wildman–Crippen MR) is 88.4 cm³/mol. The van der Waals surface area contributed by atoms with E-state index in [0.29, 0.717) is 17.1 Å². The van der Waals surface area contributed by atoms with E-state index in [9.17, 15) is 4.79 Å². The second-order valence-corrected chi connectivity index (χ2v) is 6.69. The molecule has 0 bridgehead atoms. The number of nitrogen functional groups attached to an aromatic ring is 1. The summed E-state index contributed by atoms with van der Waals surface area (Å²) in [5.41, 5.74) is 6.67. The van der Waals surface area contributed by atoms with Gasteiger partial charge in [0, 0.05) is 21.6 Å². The molecule has 0 aliphatic heterocycles. The standard InChI is InChI=1S/C15H13BrN2O2S/c1-18(8-10-3-2-6-20-10)15(19)14-13(17)11-5-4-9(16)7-12(11)21-14/h2-7H,8,17H2,1H3. The van der Waals surface area contributed by atoms with Crippen LogP contribution in [0.3, 0.4) is 0 Å². The highest BCUT2D eigenvalue weighted by atomic mass is 79.9. The SMILES string of the molecule is CN(Cc1ccco1)C(=O)c1sc2cc(Br)ccc2c1N.